The highest BCUT2D eigenvalue weighted by molar-refractivity contribution is 6.09. The van der Waals surface area contributed by atoms with E-state index in [1.807, 2.05) is 0 Å². The smallest absolute Gasteiger partial charge is 0.326 e. The maximum absolute atomic E-state index is 13.6. The number of hydrogen-bond acceptors (Lipinski definition) is 5. The minimum Gasteiger partial charge on any atom is -0.454 e. The van der Waals surface area contributed by atoms with Crippen molar-refractivity contribution in [3.8, 4) is 0 Å². The fourth-order valence-electron chi connectivity index (χ4n) is 3.23. The lowest BCUT2D eigenvalue weighted by atomic mass is 9.87. The van der Waals surface area contributed by atoms with Crippen molar-refractivity contribution in [3.05, 3.63) is 65.7 Å². The highest BCUT2D eigenvalue weighted by Crippen LogP contribution is 2.32. The average Bonchev–Trinajstić information content (AvgIpc) is 3.00. The van der Waals surface area contributed by atoms with E-state index >= 15 is 0 Å². The minimum absolute atomic E-state index is 0.263. The number of ether oxygens (including phenoxy) is 1. The molecule has 1 fully saturated rings. The van der Waals surface area contributed by atoms with Crippen LogP contribution in [-0.4, -0.2) is 41.9 Å². The molecule has 8 nitrogen and oxygen atoms in total. The molecule has 1 saturated heterocycles. The Balaban J connectivity index is 1.59. The van der Waals surface area contributed by atoms with Crippen molar-refractivity contribution in [3.63, 3.8) is 0 Å². The average molecular weight is 431 g/mol. The molecule has 1 atom stereocenters. The summed E-state index contributed by atoms with van der Waals surface area (Å²) < 4.78 is 31.2. The van der Waals surface area contributed by atoms with E-state index in [1.54, 1.807) is 37.3 Å². The summed E-state index contributed by atoms with van der Waals surface area (Å²) in [6, 6.07) is 10.4. The second-order valence-corrected chi connectivity index (χ2v) is 6.78. The Morgan fingerprint density at radius 2 is 1.84 bits per heavy atom. The largest absolute Gasteiger partial charge is 0.454 e. The number of carbonyl (C=O) groups excluding carboxylic acids is 4. The standard InChI is InChI=1S/C21H19F2N3O5/c1-2-21(13-6-4-3-5-7-13)19(29)26(20(30)25-21)11-18(28)31-12-17(27)24-16-9-8-14(22)10-15(16)23/h3-10H,2,11-12H2,1H3,(H,24,27)(H,25,30). The summed E-state index contributed by atoms with van der Waals surface area (Å²) in [5.41, 5.74) is -1.00. The summed E-state index contributed by atoms with van der Waals surface area (Å²) in [6.07, 6.45) is 0.263. The molecular weight excluding hydrogens is 412 g/mol. The molecule has 0 bridgehead atoms. The van der Waals surface area contributed by atoms with Crippen LogP contribution in [0.1, 0.15) is 18.9 Å². The van der Waals surface area contributed by atoms with Crippen LogP contribution in [0.15, 0.2) is 48.5 Å². The van der Waals surface area contributed by atoms with Gasteiger partial charge < -0.3 is 15.4 Å². The predicted molar refractivity (Wildman–Crippen MR) is 105 cm³/mol. The predicted octanol–water partition coefficient (Wildman–Crippen LogP) is 2.30. The van der Waals surface area contributed by atoms with E-state index in [9.17, 15) is 28.0 Å². The van der Waals surface area contributed by atoms with E-state index in [1.165, 1.54) is 0 Å². The molecule has 2 aromatic carbocycles. The summed E-state index contributed by atoms with van der Waals surface area (Å²) >= 11 is 0. The molecule has 1 aliphatic rings. The van der Waals surface area contributed by atoms with Gasteiger partial charge in [0.1, 0.15) is 23.7 Å². The first-order valence-electron chi connectivity index (χ1n) is 9.37. The zero-order chi connectivity index (χ0) is 22.6. The molecule has 1 aliphatic heterocycles. The molecule has 3 rings (SSSR count). The minimum atomic E-state index is -1.30. The Hall–Kier alpha value is -3.82. The van der Waals surface area contributed by atoms with Gasteiger partial charge in [-0.05, 0) is 24.1 Å². The van der Waals surface area contributed by atoms with Gasteiger partial charge in [-0.3, -0.25) is 19.3 Å². The van der Waals surface area contributed by atoms with Crippen LogP contribution >= 0.6 is 0 Å². The highest BCUT2D eigenvalue weighted by atomic mass is 19.1. The van der Waals surface area contributed by atoms with E-state index in [0.717, 1.165) is 17.0 Å². The molecule has 31 heavy (non-hydrogen) atoms. The van der Waals surface area contributed by atoms with Gasteiger partial charge in [0.05, 0.1) is 5.69 Å². The van der Waals surface area contributed by atoms with Gasteiger partial charge in [-0.1, -0.05) is 37.3 Å². The number of amides is 4. The first-order chi connectivity index (χ1) is 14.8. The number of anilines is 1. The molecule has 162 valence electrons. The van der Waals surface area contributed by atoms with Crippen molar-refractivity contribution in [2.75, 3.05) is 18.5 Å². The Labute approximate surface area is 176 Å². The number of halogens is 2. The lowest BCUT2D eigenvalue weighted by molar-refractivity contribution is -0.150. The van der Waals surface area contributed by atoms with Crippen molar-refractivity contribution in [1.29, 1.82) is 0 Å². The third kappa shape index (κ3) is 4.52. The van der Waals surface area contributed by atoms with Crippen LogP contribution in [0.25, 0.3) is 0 Å². The number of hydrogen-bond donors (Lipinski definition) is 2. The SMILES string of the molecule is CCC1(c2ccccc2)NC(=O)N(CC(=O)OCC(=O)Nc2ccc(F)cc2F)C1=O. The number of benzene rings is 2. The molecule has 4 amide bonds. The van der Waals surface area contributed by atoms with Gasteiger partial charge in [0, 0.05) is 6.07 Å². The quantitative estimate of drug-likeness (QED) is 0.517. The summed E-state index contributed by atoms with van der Waals surface area (Å²) in [6.45, 7) is 0.250. The second kappa shape index (κ2) is 8.90. The van der Waals surface area contributed by atoms with Crippen molar-refractivity contribution in [2.45, 2.75) is 18.9 Å². The van der Waals surface area contributed by atoms with E-state index in [-0.39, 0.29) is 12.1 Å². The fourth-order valence-corrected chi connectivity index (χ4v) is 3.23. The maximum atomic E-state index is 13.6. The monoisotopic (exact) mass is 431 g/mol. The van der Waals surface area contributed by atoms with Crippen LogP contribution in [0, 0.1) is 11.6 Å². The molecule has 0 spiro atoms. The van der Waals surface area contributed by atoms with Crippen molar-refractivity contribution in [2.24, 2.45) is 0 Å². The number of nitrogens with one attached hydrogen (secondary N) is 2. The number of urea groups is 1. The summed E-state index contributed by atoms with van der Waals surface area (Å²) in [7, 11) is 0. The van der Waals surface area contributed by atoms with E-state index in [0.29, 0.717) is 11.6 Å². The van der Waals surface area contributed by atoms with Crippen molar-refractivity contribution < 1.29 is 32.7 Å². The number of imide groups is 1. The summed E-state index contributed by atoms with van der Waals surface area (Å²) in [5.74, 6) is -4.28. The van der Waals surface area contributed by atoms with Crippen LogP contribution in [0.2, 0.25) is 0 Å². The van der Waals surface area contributed by atoms with Gasteiger partial charge in [-0.25, -0.2) is 13.6 Å². The maximum Gasteiger partial charge on any atom is 0.326 e. The Morgan fingerprint density at radius 3 is 2.48 bits per heavy atom. The Morgan fingerprint density at radius 1 is 1.13 bits per heavy atom. The van der Waals surface area contributed by atoms with Crippen LogP contribution in [-0.2, 0) is 24.7 Å². The van der Waals surface area contributed by atoms with Gasteiger partial charge in [-0.15, -0.1) is 0 Å². The van der Waals surface area contributed by atoms with Crippen molar-refractivity contribution in [1.82, 2.24) is 10.2 Å². The van der Waals surface area contributed by atoms with Gasteiger partial charge in [0.25, 0.3) is 11.8 Å². The molecule has 10 heteroatoms. The van der Waals surface area contributed by atoms with Crippen molar-refractivity contribution >= 4 is 29.5 Å². The molecule has 1 unspecified atom stereocenters. The Bertz CT molecular complexity index is 1030. The van der Waals surface area contributed by atoms with Crippen LogP contribution < -0.4 is 10.6 Å². The fraction of sp³-hybridized carbons (Fsp3) is 0.238. The number of esters is 1. The first-order valence-corrected chi connectivity index (χ1v) is 9.37. The van der Waals surface area contributed by atoms with Crippen LogP contribution in [0.4, 0.5) is 19.3 Å². The Kier molecular flexibility index (Phi) is 6.28. The first kappa shape index (κ1) is 21.9. The summed E-state index contributed by atoms with van der Waals surface area (Å²) in [4.78, 5) is 49.9. The molecule has 2 aromatic rings. The highest BCUT2D eigenvalue weighted by Gasteiger charge is 2.51. The normalized spacial score (nSPS) is 18.0. The van der Waals surface area contributed by atoms with Crippen LogP contribution in [0.5, 0.6) is 0 Å². The molecule has 0 saturated carbocycles. The molecule has 0 radical (unpaired) electrons. The third-order valence-corrected chi connectivity index (χ3v) is 4.83. The lowest BCUT2D eigenvalue weighted by Gasteiger charge is -2.25. The lowest BCUT2D eigenvalue weighted by Crippen LogP contribution is -2.44. The van der Waals surface area contributed by atoms with E-state index in [2.05, 4.69) is 10.6 Å². The molecule has 1 heterocycles. The van der Waals surface area contributed by atoms with Crippen LogP contribution in [0.3, 0.4) is 0 Å². The third-order valence-electron chi connectivity index (χ3n) is 4.83. The van der Waals surface area contributed by atoms with Gasteiger partial charge in [0.15, 0.2) is 6.61 Å². The van der Waals surface area contributed by atoms with Gasteiger partial charge >= 0.3 is 12.0 Å². The second-order valence-electron chi connectivity index (χ2n) is 6.78. The van der Waals surface area contributed by atoms with Gasteiger partial charge in [-0.2, -0.15) is 0 Å². The van der Waals surface area contributed by atoms with E-state index < -0.39 is 54.1 Å². The zero-order valence-corrected chi connectivity index (χ0v) is 16.5. The number of nitrogens with zero attached hydrogens (tertiary/aromatic N) is 1. The zero-order valence-electron chi connectivity index (χ0n) is 16.5. The molecule has 0 aromatic heterocycles. The number of rotatable bonds is 7. The summed E-state index contributed by atoms with van der Waals surface area (Å²) in [5, 5.41) is 4.76. The topological polar surface area (TPSA) is 105 Å². The van der Waals surface area contributed by atoms with E-state index in [4.69, 9.17) is 4.74 Å². The molecule has 0 aliphatic carbocycles. The van der Waals surface area contributed by atoms with Gasteiger partial charge in [0.2, 0.25) is 0 Å². The molecular formula is C21H19F2N3O5. The molecule has 2 N–H and O–H groups in total. The number of carbonyl (C=O) groups is 4.